The van der Waals surface area contributed by atoms with Gasteiger partial charge in [-0.05, 0) is 61.4 Å². The summed E-state index contributed by atoms with van der Waals surface area (Å²) in [4.78, 5) is 31.1. The Morgan fingerprint density at radius 1 is 0.893 bits per heavy atom. The minimum atomic E-state index is -0.341. The number of pyridine rings is 1. The molecule has 2 N–H and O–H groups in total. The predicted octanol–water partition coefficient (Wildman–Crippen LogP) is 3.78. The first kappa shape index (κ1) is 17.8. The van der Waals surface area contributed by atoms with Crippen molar-refractivity contribution in [3.63, 3.8) is 0 Å². The van der Waals surface area contributed by atoms with E-state index in [1.165, 1.54) is 19.1 Å². The van der Waals surface area contributed by atoms with Gasteiger partial charge in [-0.15, -0.1) is 0 Å². The number of nitrogens with one attached hydrogen (secondary N) is 2. The van der Waals surface area contributed by atoms with Crippen molar-refractivity contribution in [2.45, 2.75) is 12.8 Å². The van der Waals surface area contributed by atoms with Gasteiger partial charge < -0.3 is 20.0 Å². The van der Waals surface area contributed by atoms with Gasteiger partial charge in [-0.1, -0.05) is 0 Å². The van der Waals surface area contributed by atoms with Gasteiger partial charge in [0.2, 0.25) is 0 Å². The lowest BCUT2D eigenvalue weighted by Gasteiger charge is -2.16. The van der Waals surface area contributed by atoms with Crippen LogP contribution in [0.2, 0.25) is 0 Å². The Morgan fingerprint density at radius 2 is 1.61 bits per heavy atom. The molecule has 0 radical (unpaired) electrons. The van der Waals surface area contributed by atoms with Gasteiger partial charge in [-0.2, -0.15) is 0 Å². The minimum Gasteiger partial charge on any atom is -0.459 e. The van der Waals surface area contributed by atoms with Crippen molar-refractivity contribution >= 4 is 29.0 Å². The van der Waals surface area contributed by atoms with Crippen molar-refractivity contribution in [1.29, 1.82) is 0 Å². The molecule has 3 aromatic rings. The maximum atomic E-state index is 12.4. The van der Waals surface area contributed by atoms with E-state index >= 15 is 0 Å². The second kappa shape index (κ2) is 7.96. The quantitative estimate of drug-likeness (QED) is 0.708. The van der Waals surface area contributed by atoms with Crippen LogP contribution in [0.25, 0.3) is 0 Å². The van der Waals surface area contributed by atoms with E-state index in [9.17, 15) is 9.59 Å². The van der Waals surface area contributed by atoms with Gasteiger partial charge in [0.15, 0.2) is 5.76 Å². The highest BCUT2D eigenvalue weighted by Gasteiger charge is 2.14. The Bertz CT molecular complexity index is 944. The maximum absolute atomic E-state index is 12.4. The molecule has 3 heterocycles. The molecule has 0 spiro atoms. The lowest BCUT2D eigenvalue weighted by Crippen LogP contribution is -2.19. The normalized spacial score (nSPS) is 13.4. The summed E-state index contributed by atoms with van der Waals surface area (Å²) in [5.41, 5.74) is 1.71. The van der Waals surface area contributed by atoms with Gasteiger partial charge in [-0.25, -0.2) is 4.98 Å². The Labute approximate surface area is 162 Å². The van der Waals surface area contributed by atoms with Crippen LogP contribution < -0.4 is 15.5 Å². The number of hydrogen-bond donors (Lipinski definition) is 2. The predicted molar refractivity (Wildman–Crippen MR) is 107 cm³/mol. The van der Waals surface area contributed by atoms with Crippen LogP contribution in [0, 0.1) is 0 Å². The van der Waals surface area contributed by atoms with Gasteiger partial charge in [0.05, 0.1) is 18.1 Å². The molecule has 2 aromatic heterocycles. The first-order valence-electron chi connectivity index (χ1n) is 9.16. The van der Waals surface area contributed by atoms with Crippen LogP contribution in [0.15, 0.2) is 65.4 Å². The lowest BCUT2D eigenvalue weighted by atomic mass is 10.2. The van der Waals surface area contributed by atoms with Crippen LogP contribution in [-0.2, 0) is 0 Å². The molecule has 1 aromatic carbocycles. The summed E-state index contributed by atoms with van der Waals surface area (Å²) in [5.74, 6) is 0.588. The largest absolute Gasteiger partial charge is 0.459 e. The van der Waals surface area contributed by atoms with Gasteiger partial charge in [0.1, 0.15) is 5.82 Å². The molecular weight excluding hydrogens is 356 g/mol. The van der Waals surface area contributed by atoms with Crippen molar-refractivity contribution in [1.82, 2.24) is 4.98 Å². The second-order valence-corrected chi connectivity index (χ2v) is 6.56. The number of carbonyl (C=O) groups is 2. The topological polar surface area (TPSA) is 87.5 Å². The molecule has 1 aliphatic rings. The van der Waals surface area contributed by atoms with Crippen LogP contribution in [0.1, 0.15) is 33.8 Å². The van der Waals surface area contributed by atoms with E-state index in [0.717, 1.165) is 18.9 Å². The molecule has 142 valence electrons. The van der Waals surface area contributed by atoms with E-state index in [1.807, 2.05) is 12.1 Å². The molecule has 0 bridgehead atoms. The molecular formula is C21H20N4O3. The van der Waals surface area contributed by atoms with Crippen molar-refractivity contribution < 1.29 is 14.0 Å². The number of amides is 2. The highest BCUT2D eigenvalue weighted by Crippen LogP contribution is 2.19. The lowest BCUT2D eigenvalue weighted by molar-refractivity contribution is 0.0995. The SMILES string of the molecule is O=C(Nc1ccc(N2CCCC2)nc1)c1ccc(NC(=O)c2ccco2)cc1. The number of hydrogen-bond acceptors (Lipinski definition) is 5. The van der Waals surface area contributed by atoms with Gasteiger partial charge in [0, 0.05) is 24.3 Å². The molecule has 7 nitrogen and oxygen atoms in total. The maximum Gasteiger partial charge on any atom is 0.291 e. The average Bonchev–Trinajstić information content (AvgIpc) is 3.43. The van der Waals surface area contributed by atoms with Crippen LogP contribution in [0.4, 0.5) is 17.2 Å². The minimum absolute atomic E-state index is 0.228. The third-order valence-corrected chi connectivity index (χ3v) is 4.59. The van der Waals surface area contributed by atoms with E-state index in [0.29, 0.717) is 16.9 Å². The molecule has 0 unspecified atom stereocenters. The van der Waals surface area contributed by atoms with Gasteiger partial charge >= 0.3 is 0 Å². The number of aromatic nitrogens is 1. The second-order valence-electron chi connectivity index (χ2n) is 6.56. The number of benzene rings is 1. The Morgan fingerprint density at radius 3 is 2.25 bits per heavy atom. The molecule has 28 heavy (non-hydrogen) atoms. The van der Waals surface area contributed by atoms with Crippen molar-refractivity contribution in [3.05, 3.63) is 72.3 Å². The first-order chi connectivity index (χ1) is 13.7. The molecule has 1 saturated heterocycles. The summed E-state index contributed by atoms with van der Waals surface area (Å²) in [6, 6.07) is 13.7. The number of anilines is 3. The van der Waals surface area contributed by atoms with E-state index in [4.69, 9.17) is 4.42 Å². The van der Waals surface area contributed by atoms with E-state index < -0.39 is 0 Å². The Hall–Kier alpha value is -3.61. The number of nitrogens with zero attached hydrogens (tertiary/aromatic N) is 2. The zero-order valence-electron chi connectivity index (χ0n) is 15.2. The Kier molecular flexibility index (Phi) is 5.05. The summed E-state index contributed by atoms with van der Waals surface area (Å²) in [6.45, 7) is 2.06. The van der Waals surface area contributed by atoms with Gasteiger partial charge in [-0.3, -0.25) is 9.59 Å². The molecule has 0 atom stereocenters. The van der Waals surface area contributed by atoms with Crippen molar-refractivity contribution in [2.24, 2.45) is 0 Å². The fourth-order valence-electron chi connectivity index (χ4n) is 3.10. The fraction of sp³-hybridized carbons (Fsp3) is 0.190. The van der Waals surface area contributed by atoms with Crippen LogP contribution in [0.5, 0.6) is 0 Å². The van der Waals surface area contributed by atoms with Crippen molar-refractivity contribution in [2.75, 3.05) is 28.6 Å². The summed E-state index contributed by atoms with van der Waals surface area (Å²) >= 11 is 0. The van der Waals surface area contributed by atoms with Crippen LogP contribution >= 0.6 is 0 Å². The molecule has 1 aliphatic heterocycles. The first-order valence-corrected chi connectivity index (χ1v) is 9.16. The highest BCUT2D eigenvalue weighted by molar-refractivity contribution is 6.05. The molecule has 2 amide bonds. The van der Waals surface area contributed by atoms with Crippen molar-refractivity contribution in [3.8, 4) is 0 Å². The summed E-state index contributed by atoms with van der Waals surface area (Å²) < 4.78 is 5.05. The molecule has 0 saturated carbocycles. The number of furan rings is 1. The third kappa shape index (κ3) is 4.03. The van der Waals surface area contributed by atoms with E-state index in [2.05, 4.69) is 20.5 Å². The molecule has 7 heteroatoms. The van der Waals surface area contributed by atoms with E-state index in [1.54, 1.807) is 42.6 Å². The van der Waals surface area contributed by atoms with Gasteiger partial charge in [0.25, 0.3) is 11.8 Å². The van der Waals surface area contributed by atoms with Crippen LogP contribution in [0.3, 0.4) is 0 Å². The monoisotopic (exact) mass is 376 g/mol. The standard InChI is InChI=1S/C21H20N4O3/c26-20(24-17-9-10-19(22-14-17)25-11-1-2-12-25)15-5-7-16(8-6-15)23-21(27)18-4-3-13-28-18/h3-10,13-14H,1-2,11-12H2,(H,23,27)(H,24,26). The summed E-state index contributed by atoms with van der Waals surface area (Å²) in [7, 11) is 0. The summed E-state index contributed by atoms with van der Waals surface area (Å²) in [5, 5.41) is 5.55. The van der Waals surface area contributed by atoms with Crippen LogP contribution in [-0.4, -0.2) is 29.9 Å². The summed E-state index contributed by atoms with van der Waals surface area (Å²) in [6.07, 6.45) is 5.49. The number of carbonyl (C=O) groups excluding carboxylic acids is 2. The molecule has 0 aliphatic carbocycles. The smallest absolute Gasteiger partial charge is 0.291 e. The highest BCUT2D eigenvalue weighted by atomic mass is 16.3. The Balaban J connectivity index is 1.36. The fourth-order valence-corrected chi connectivity index (χ4v) is 3.10. The average molecular weight is 376 g/mol. The van der Waals surface area contributed by atoms with E-state index in [-0.39, 0.29) is 17.6 Å². The number of rotatable bonds is 5. The zero-order valence-corrected chi connectivity index (χ0v) is 15.2. The molecule has 4 rings (SSSR count). The molecule has 1 fully saturated rings. The third-order valence-electron chi connectivity index (χ3n) is 4.59. The zero-order chi connectivity index (χ0) is 19.3.